The average molecular weight is 306 g/mol. The van der Waals surface area contributed by atoms with Gasteiger partial charge in [-0.3, -0.25) is 4.98 Å². The van der Waals surface area contributed by atoms with Gasteiger partial charge in [-0.1, -0.05) is 24.3 Å². The molecule has 0 aliphatic carbocycles. The van der Waals surface area contributed by atoms with Gasteiger partial charge in [0.15, 0.2) is 0 Å². The summed E-state index contributed by atoms with van der Waals surface area (Å²) in [6.45, 7) is 1.37. The predicted molar refractivity (Wildman–Crippen MR) is 90.0 cm³/mol. The maximum absolute atomic E-state index is 9.46. The van der Waals surface area contributed by atoms with E-state index >= 15 is 0 Å². The third-order valence-corrected chi connectivity index (χ3v) is 3.56. The zero-order chi connectivity index (χ0) is 16.1. The van der Waals surface area contributed by atoms with Gasteiger partial charge in [-0.2, -0.15) is 0 Å². The first-order chi connectivity index (χ1) is 11.2. The molecule has 4 nitrogen and oxygen atoms in total. The lowest BCUT2D eigenvalue weighted by molar-refractivity contribution is 0.474. The van der Waals surface area contributed by atoms with Crippen LogP contribution in [-0.4, -0.2) is 15.2 Å². The Kier molecular flexibility index (Phi) is 4.54. The quantitative estimate of drug-likeness (QED) is 0.675. The van der Waals surface area contributed by atoms with E-state index in [1.54, 1.807) is 24.3 Å². The van der Waals surface area contributed by atoms with Crippen molar-refractivity contribution in [3.05, 3.63) is 78.1 Å². The molecule has 0 saturated heterocycles. The van der Waals surface area contributed by atoms with Gasteiger partial charge < -0.3 is 15.5 Å². The number of hydrogen-bond acceptors (Lipinski definition) is 4. The first kappa shape index (κ1) is 15.1. The summed E-state index contributed by atoms with van der Waals surface area (Å²) in [5.41, 5.74) is 4.15. The lowest BCUT2D eigenvalue weighted by Gasteiger charge is -2.07. The molecule has 0 saturated carbocycles. The number of phenolic OH excluding ortho intramolecular Hbond substituents is 2. The van der Waals surface area contributed by atoms with Crippen molar-refractivity contribution in [2.24, 2.45) is 0 Å². The van der Waals surface area contributed by atoms with E-state index in [1.807, 2.05) is 36.7 Å². The maximum atomic E-state index is 9.46. The first-order valence-corrected chi connectivity index (χ1v) is 7.43. The normalized spacial score (nSPS) is 10.6. The molecule has 23 heavy (non-hydrogen) atoms. The van der Waals surface area contributed by atoms with Gasteiger partial charge in [0, 0.05) is 31.0 Å². The van der Waals surface area contributed by atoms with Crippen LogP contribution in [0.25, 0.3) is 11.1 Å². The van der Waals surface area contributed by atoms with E-state index in [4.69, 9.17) is 0 Å². The minimum absolute atomic E-state index is 0.255. The van der Waals surface area contributed by atoms with Crippen molar-refractivity contribution in [2.75, 3.05) is 0 Å². The van der Waals surface area contributed by atoms with Crippen LogP contribution in [0.15, 0.2) is 67.0 Å². The zero-order valence-corrected chi connectivity index (χ0v) is 12.6. The van der Waals surface area contributed by atoms with E-state index in [2.05, 4.69) is 16.4 Å². The van der Waals surface area contributed by atoms with E-state index in [9.17, 15) is 10.2 Å². The second-order valence-corrected chi connectivity index (χ2v) is 5.40. The fourth-order valence-electron chi connectivity index (χ4n) is 2.41. The lowest BCUT2D eigenvalue weighted by Crippen LogP contribution is -2.12. The molecule has 0 spiro atoms. The van der Waals surface area contributed by atoms with Crippen LogP contribution in [0.3, 0.4) is 0 Å². The second-order valence-electron chi connectivity index (χ2n) is 5.40. The number of aromatic nitrogens is 1. The molecule has 0 unspecified atom stereocenters. The van der Waals surface area contributed by atoms with Gasteiger partial charge in [-0.15, -0.1) is 0 Å². The van der Waals surface area contributed by atoms with Gasteiger partial charge in [-0.25, -0.2) is 0 Å². The molecule has 1 heterocycles. The van der Waals surface area contributed by atoms with Crippen molar-refractivity contribution in [3.63, 3.8) is 0 Å². The summed E-state index contributed by atoms with van der Waals surface area (Å²) >= 11 is 0. The van der Waals surface area contributed by atoms with E-state index in [0.29, 0.717) is 13.1 Å². The monoisotopic (exact) mass is 306 g/mol. The van der Waals surface area contributed by atoms with E-state index in [-0.39, 0.29) is 11.5 Å². The Morgan fingerprint density at radius 2 is 1.52 bits per heavy atom. The smallest absolute Gasteiger partial charge is 0.115 e. The largest absolute Gasteiger partial charge is 0.508 e. The molecule has 1 aromatic heterocycles. The van der Waals surface area contributed by atoms with Gasteiger partial charge in [0.1, 0.15) is 11.5 Å². The predicted octanol–water partition coefficient (Wildman–Crippen LogP) is 3.45. The molecular weight excluding hydrogens is 288 g/mol. The molecule has 0 radical (unpaired) electrons. The van der Waals surface area contributed by atoms with Crippen LogP contribution >= 0.6 is 0 Å². The van der Waals surface area contributed by atoms with Crippen molar-refractivity contribution in [2.45, 2.75) is 13.1 Å². The molecule has 2 aromatic carbocycles. The minimum atomic E-state index is 0.255. The highest BCUT2D eigenvalue weighted by atomic mass is 16.3. The van der Waals surface area contributed by atoms with Crippen molar-refractivity contribution < 1.29 is 10.2 Å². The van der Waals surface area contributed by atoms with Gasteiger partial charge in [0.05, 0.1) is 0 Å². The summed E-state index contributed by atoms with van der Waals surface area (Å²) in [6, 6.07) is 16.4. The average Bonchev–Trinajstić information content (AvgIpc) is 2.56. The van der Waals surface area contributed by atoms with Crippen LogP contribution in [0.1, 0.15) is 11.1 Å². The number of nitrogens with one attached hydrogen (secondary N) is 1. The van der Waals surface area contributed by atoms with E-state index in [1.165, 1.54) is 0 Å². The highest BCUT2D eigenvalue weighted by molar-refractivity contribution is 5.63. The molecule has 0 amide bonds. The van der Waals surface area contributed by atoms with E-state index < -0.39 is 0 Å². The molecule has 0 bridgehead atoms. The molecule has 0 aliphatic rings. The number of benzene rings is 2. The van der Waals surface area contributed by atoms with Crippen LogP contribution < -0.4 is 5.32 Å². The van der Waals surface area contributed by atoms with Crippen LogP contribution in [-0.2, 0) is 13.1 Å². The van der Waals surface area contributed by atoms with Crippen LogP contribution in [0.2, 0.25) is 0 Å². The van der Waals surface area contributed by atoms with Gasteiger partial charge in [0.2, 0.25) is 0 Å². The molecule has 3 rings (SSSR count). The van der Waals surface area contributed by atoms with E-state index in [0.717, 1.165) is 22.3 Å². The Morgan fingerprint density at radius 3 is 2.30 bits per heavy atom. The van der Waals surface area contributed by atoms with Gasteiger partial charge >= 0.3 is 0 Å². The summed E-state index contributed by atoms with van der Waals surface area (Å²) in [5, 5.41) is 22.2. The fourth-order valence-corrected chi connectivity index (χ4v) is 2.41. The van der Waals surface area contributed by atoms with Gasteiger partial charge in [-0.05, 0) is 47.0 Å². The van der Waals surface area contributed by atoms with Gasteiger partial charge in [0.25, 0.3) is 0 Å². The summed E-state index contributed by atoms with van der Waals surface area (Å²) in [7, 11) is 0. The Balaban J connectivity index is 1.65. The number of hydrogen-bond donors (Lipinski definition) is 3. The van der Waals surface area contributed by atoms with Crippen molar-refractivity contribution in [1.29, 1.82) is 0 Å². The second kappa shape index (κ2) is 6.94. The summed E-state index contributed by atoms with van der Waals surface area (Å²) in [4.78, 5) is 4.28. The standard InChI is InChI=1S/C19H18N2O2/c22-18-6-4-16(5-7-18)17-8-15(12-21-13-17)11-20-10-14-2-1-3-19(23)9-14/h1-9,12-13,20,22-23H,10-11H2. The number of rotatable bonds is 5. The Labute approximate surface area is 135 Å². The third-order valence-electron chi connectivity index (χ3n) is 3.56. The topological polar surface area (TPSA) is 65.4 Å². The maximum Gasteiger partial charge on any atom is 0.115 e. The van der Waals surface area contributed by atoms with Crippen LogP contribution in [0.5, 0.6) is 11.5 Å². The zero-order valence-electron chi connectivity index (χ0n) is 12.6. The Morgan fingerprint density at radius 1 is 0.739 bits per heavy atom. The molecule has 3 aromatic rings. The number of phenols is 2. The molecular formula is C19H18N2O2. The van der Waals surface area contributed by atoms with Crippen molar-refractivity contribution >= 4 is 0 Å². The molecule has 0 aliphatic heterocycles. The summed E-state index contributed by atoms with van der Waals surface area (Å²) in [5.74, 6) is 0.533. The highest BCUT2D eigenvalue weighted by Crippen LogP contribution is 2.22. The minimum Gasteiger partial charge on any atom is -0.508 e. The summed E-state index contributed by atoms with van der Waals surface area (Å²) in [6.07, 6.45) is 3.64. The SMILES string of the molecule is Oc1ccc(-c2cncc(CNCc3cccc(O)c3)c2)cc1. The summed E-state index contributed by atoms with van der Waals surface area (Å²) < 4.78 is 0. The molecule has 4 heteroatoms. The Bertz CT molecular complexity index is 785. The number of nitrogens with zero attached hydrogens (tertiary/aromatic N) is 1. The Hall–Kier alpha value is -2.85. The van der Waals surface area contributed by atoms with Crippen LogP contribution in [0.4, 0.5) is 0 Å². The molecule has 0 atom stereocenters. The fraction of sp³-hybridized carbons (Fsp3) is 0.105. The first-order valence-electron chi connectivity index (χ1n) is 7.43. The highest BCUT2D eigenvalue weighted by Gasteiger charge is 2.01. The number of pyridine rings is 1. The molecule has 116 valence electrons. The van der Waals surface area contributed by atoms with Crippen molar-refractivity contribution in [1.82, 2.24) is 10.3 Å². The lowest BCUT2D eigenvalue weighted by atomic mass is 10.1. The number of aromatic hydroxyl groups is 2. The third kappa shape index (κ3) is 4.08. The molecule has 3 N–H and O–H groups in total. The molecule has 0 fully saturated rings. The van der Waals surface area contributed by atoms with Crippen molar-refractivity contribution in [3.8, 4) is 22.6 Å². The van der Waals surface area contributed by atoms with Crippen LogP contribution in [0, 0.1) is 0 Å².